The average Bonchev–Trinajstić information content (AvgIpc) is 2.39. The van der Waals surface area contributed by atoms with E-state index in [9.17, 15) is 4.79 Å². The lowest BCUT2D eigenvalue weighted by atomic mass is 10.2. The third kappa shape index (κ3) is 6.42. The molecule has 1 aromatic rings. The molecule has 1 aromatic carbocycles. The summed E-state index contributed by atoms with van der Waals surface area (Å²) < 4.78 is 5.36. The first kappa shape index (κ1) is 19.1. The van der Waals surface area contributed by atoms with E-state index in [1.807, 2.05) is 45.9 Å². The summed E-state index contributed by atoms with van der Waals surface area (Å²) in [5, 5.41) is 4.52. The van der Waals surface area contributed by atoms with Gasteiger partial charge in [-0.2, -0.15) is 0 Å². The molecule has 0 unspecified atom stereocenters. The van der Waals surface area contributed by atoms with Gasteiger partial charge in [0, 0.05) is 41.8 Å². The van der Waals surface area contributed by atoms with E-state index in [1.54, 1.807) is 4.90 Å². The molecule has 124 valence electrons. The zero-order chi connectivity index (χ0) is 16.8. The molecule has 0 aliphatic heterocycles. The van der Waals surface area contributed by atoms with Gasteiger partial charge in [0.25, 0.3) is 0 Å². The minimum atomic E-state index is -0.483. The monoisotopic (exact) mass is 346 g/mol. The summed E-state index contributed by atoms with van der Waals surface area (Å²) in [6.45, 7) is 9.86. The highest BCUT2D eigenvalue weighted by Gasteiger charge is 2.20. The molecule has 0 aliphatic rings. The first-order valence-corrected chi connectivity index (χ1v) is 8.11. The maximum absolute atomic E-state index is 12.0. The van der Waals surface area contributed by atoms with Crippen molar-refractivity contribution in [2.75, 3.05) is 19.6 Å². The molecule has 0 aliphatic carbocycles. The summed E-state index contributed by atoms with van der Waals surface area (Å²) in [4.78, 5) is 13.7. The molecule has 0 heterocycles. The predicted octanol–water partition coefficient (Wildman–Crippen LogP) is 4.34. The third-order valence-corrected chi connectivity index (χ3v) is 3.66. The van der Waals surface area contributed by atoms with Gasteiger partial charge >= 0.3 is 6.09 Å². The summed E-state index contributed by atoms with van der Waals surface area (Å²) in [5.41, 5.74) is 0.384. The van der Waals surface area contributed by atoms with Crippen LogP contribution in [0.4, 0.5) is 4.79 Å². The predicted molar refractivity (Wildman–Crippen MR) is 91.6 cm³/mol. The van der Waals surface area contributed by atoms with Gasteiger partial charge in [-0.15, -0.1) is 0 Å². The number of benzene rings is 1. The standard InChI is InChI=1S/C16H24Cl2N2O2/c1-5-20(15(21)22-16(2,3)4)10-9-19-11-12-13(17)7-6-8-14(12)18/h6-8,19H,5,9-11H2,1-4H3. The second-order valence-corrected chi connectivity index (χ2v) is 6.75. The van der Waals surface area contributed by atoms with E-state index in [0.717, 1.165) is 5.56 Å². The van der Waals surface area contributed by atoms with Crippen LogP contribution in [0.15, 0.2) is 18.2 Å². The minimum absolute atomic E-state index is 0.299. The second kappa shape index (κ2) is 8.61. The SMILES string of the molecule is CCN(CCNCc1c(Cl)cccc1Cl)C(=O)OC(C)(C)C. The molecule has 0 fully saturated rings. The highest BCUT2D eigenvalue weighted by Crippen LogP contribution is 2.23. The number of nitrogens with zero attached hydrogens (tertiary/aromatic N) is 1. The summed E-state index contributed by atoms with van der Waals surface area (Å²) >= 11 is 12.2. The van der Waals surface area contributed by atoms with Crippen LogP contribution in [0.1, 0.15) is 33.3 Å². The van der Waals surface area contributed by atoms with E-state index in [0.29, 0.717) is 36.2 Å². The molecule has 0 bridgehead atoms. The molecule has 4 nitrogen and oxygen atoms in total. The number of likely N-dealkylation sites (N-methyl/N-ethyl adjacent to an activating group) is 1. The van der Waals surface area contributed by atoms with E-state index >= 15 is 0 Å². The van der Waals surface area contributed by atoms with Gasteiger partial charge in [0.1, 0.15) is 5.60 Å². The van der Waals surface area contributed by atoms with Crippen molar-refractivity contribution in [3.05, 3.63) is 33.8 Å². The molecule has 6 heteroatoms. The molecule has 0 saturated carbocycles. The van der Waals surface area contributed by atoms with E-state index in [-0.39, 0.29) is 6.09 Å². The summed E-state index contributed by atoms with van der Waals surface area (Å²) in [7, 11) is 0. The number of ether oxygens (including phenoxy) is 1. The number of halogens is 2. The maximum atomic E-state index is 12.0. The van der Waals surface area contributed by atoms with Crippen LogP contribution in [0.3, 0.4) is 0 Å². The first-order valence-electron chi connectivity index (χ1n) is 7.36. The van der Waals surface area contributed by atoms with Crippen LogP contribution in [0.5, 0.6) is 0 Å². The van der Waals surface area contributed by atoms with Crippen LogP contribution in [-0.2, 0) is 11.3 Å². The number of hydrogen-bond donors (Lipinski definition) is 1. The van der Waals surface area contributed by atoms with Crippen LogP contribution in [-0.4, -0.2) is 36.2 Å². The Hall–Kier alpha value is -0.970. The minimum Gasteiger partial charge on any atom is -0.444 e. The van der Waals surface area contributed by atoms with Crippen LogP contribution in [0.25, 0.3) is 0 Å². The van der Waals surface area contributed by atoms with Crippen LogP contribution in [0, 0.1) is 0 Å². The quantitative estimate of drug-likeness (QED) is 0.779. The lowest BCUT2D eigenvalue weighted by Crippen LogP contribution is -2.40. The Morgan fingerprint density at radius 3 is 2.36 bits per heavy atom. The maximum Gasteiger partial charge on any atom is 0.410 e. The number of amides is 1. The first-order chi connectivity index (χ1) is 10.2. The Kier molecular flexibility index (Phi) is 7.46. The third-order valence-electron chi connectivity index (χ3n) is 2.96. The number of carbonyl (C=O) groups excluding carboxylic acids is 1. The van der Waals surface area contributed by atoms with Gasteiger partial charge in [-0.25, -0.2) is 4.79 Å². The van der Waals surface area contributed by atoms with E-state index in [1.165, 1.54) is 0 Å². The highest BCUT2D eigenvalue weighted by atomic mass is 35.5. The van der Waals surface area contributed by atoms with Gasteiger partial charge in [0.2, 0.25) is 0 Å². The van der Waals surface area contributed by atoms with Crippen molar-refractivity contribution < 1.29 is 9.53 Å². The smallest absolute Gasteiger partial charge is 0.410 e. The molecule has 0 atom stereocenters. The molecule has 1 N–H and O–H groups in total. The second-order valence-electron chi connectivity index (χ2n) is 5.94. The van der Waals surface area contributed by atoms with Crippen molar-refractivity contribution in [3.63, 3.8) is 0 Å². The van der Waals surface area contributed by atoms with Crippen molar-refractivity contribution in [1.82, 2.24) is 10.2 Å². The lowest BCUT2D eigenvalue weighted by molar-refractivity contribution is 0.0262. The van der Waals surface area contributed by atoms with Crippen LogP contribution in [0.2, 0.25) is 10.0 Å². The average molecular weight is 347 g/mol. The van der Waals surface area contributed by atoms with Gasteiger partial charge in [-0.05, 0) is 39.8 Å². The lowest BCUT2D eigenvalue weighted by Gasteiger charge is -2.26. The van der Waals surface area contributed by atoms with Gasteiger partial charge in [0.15, 0.2) is 0 Å². The topological polar surface area (TPSA) is 41.6 Å². The van der Waals surface area contributed by atoms with Gasteiger partial charge in [-0.1, -0.05) is 29.3 Å². The van der Waals surface area contributed by atoms with Crippen molar-refractivity contribution >= 4 is 29.3 Å². The molecule has 1 rings (SSSR count). The van der Waals surface area contributed by atoms with Crippen molar-refractivity contribution in [1.29, 1.82) is 0 Å². The molecule has 22 heavy (non-hydrogen) atoms. The largest absolute Gasteiger partial charge is 0.444 e. The molecule has 0 aromatic heterocycles. The van der Waals surface area contributed by atoms with Crippen LogP contribution >= 0.6 is 23.2 Å². The van der Waals surface area contributed by atoms with Crippen LogP contribution < -0.4 is 5.32 Å². The normalized spacial score (nSPS) is 11.4. The fourth-order valence-corrected chi connectivity index (χ4v) is 2.36. The van der Waals surface area contributed by atoms with E-state index < -0.39 is 5.60 Å². The molecule has 1 amide bonds. The Morgan fingerprint density at radius 1 is 1.27 bits per heavy atom. The number of nitrogens with one attached hydrogen (secondary N) is 1. The van der Waals surface area contributed by atoms with E-state index in [2.05, 4.69) is 5.32 Å². The molecule has 0 saturated heterocycles. The summed E-state index contributed by atoms with van der Waals surface area (Å²) in [5.74, 6) is 0. The van der Waals surface area contributed by atoms with Gasteiger partial charge in [-0.3, -0.25) is 0 Å². The number of carbonyl (C=O) groups is 1. The molecule has 0 spiro atoms. The Bertz CT molecular complexity index is 481. The molecular weight excluding hydrogens is 323 g/mol. The fourth-order valence-electron chi connectivity index (χ4n) is 1.83. The zero-order valence-corrected chi connectivity index (χ0v) is 15.1. The van der Waals surface area contributed by atoms with E-state index in [4.69, 9.17) is 27.9 Å². The van der Waals surface area contributed by atoms with Crippen molar-refractivity contribution in [2.45, 2.75) is 39.8 Å². The summed E-state index contributed by atoms with van der Waals surface area (Å²) in [6, 6.07) is 5.43. The van der Waals surface area contributed by atoms with Gasteiger partial charge < -0.3 is 15.0 Å². The molecular formula is C16H24Cl2N2O2. The zero-order valence-electron chi connectivity index (χ0n) is 13.6. The highest BCUT2D eigenvalue weighted by molar-refractivity contribution is 6.35. The van der Waals surface area contributed by atoms with Crippen molar-refractivity contribution in [3.8, 4) is 0 Å². The Labute approximate surface area is 142 Å². The number of hydrogen-bond acceptors (Lipinski definition) is 3. The number of rotatable bonds is 6. The van der Waals surface area contributed by atoms with Gasteiger partial charge in [0.05, 0.1) is 0 Å². The fraction of sp³-hybridized carbons (Fsp3) is 0.562. The Balaban J connectivity index is 2.43. The summed E-state index contributed by atoms with van der Waals surface area (Å²) in [6.07, 6.45) is -0.299. The Morgan fingerprint density at radius 2 is 1.86 bits per heavy atom. The van der Waals surface area contributed by atoms with Crippen molar-refractivity contribution in [2.24, 2.45) is 0 Å². The molecule has 0 radical (unpaired) electrons.